The number of rotatable bonds is 5. The van der Waals surface area contributed by atoms with Gasteiger partial charge in [-0.2, -0.15) is 0 Å². The SMILES string of the molecule is CC(C)CN(C(=O)c1cccc(F)c1)C(C)c1nc2ccccc2c(=O)n1C. The summed E-state index contributed by atoms with van der Waals surface area (Å²) in [5.74, 6) is -0.0612. The summed E-state index contributed by atoms with van der Waals surface area (Å²) in [6, 6.07) is 12.3. The van der Waals surface area contributed by atoms with Crippen molar-refractivity contribution in [3.8, 4) is 0 Å². The van der Waals surface area contributed by atoms with Gasteiger partial charge in [0.2, 0.25) is 0 Å². The molecule has 0 aliphatic rings. The van der Waals surface area contributed by atoms with E-state index in [0.717, 1.165) is 0 Å². The second-order valence-corrected chi connectivity index (χ2v) is 7.39. The van der Waals surface area contributed by atoms with Crippen LogP contribution in [-0.4, -0.2) is 26.9 Å². The fourth-order valence-electron chi connectivity index (χ4n) is 3.35. The third kappa shape index (κ3) is 3.81. The maximum Gasteiger partial charge on any atom is 0.261 e. The number of hydrogen-bond acceptors (Lipinski definition) is 3. The second kappa shape index (κ2) is 7.92. The van der Waals surface area contributed by atoms with Crippen LogP contribution in [0.2, 0.25) is 0 Å². The van der Waals surface area contributed by atoms with Gasteiger partial charge in [-0.05, 0) is 43.2 Å². The lowest BCUT2D eigenvalue weighted by Gasteiger charge is -2.31. The molecule has 1 amide bonds. The Morgan fingerprint density at radius 1 is 1.14 bits per heavy atom. The molecule has 1 atom stereocenters. The molecule has 3 rings (SSSR count). The summed E-state index contributed by atoms with van der Waals surface area (Å²) in [5, 5.41) is 0.535. The highest BCUT2D eigenvalue weighted by Gasteiger charge is 2.27. The van der Waals surface area contributed by atoms with E-state index in [-0.39, 0.29) is 22.9 Å². The van der Waals surface area contributed by atoms with Crippen molar-refractivity contribution < 1.29 is 9.18 Å². The molecule has 0 spiro atoms. The highest BCUT2D eigenvalue weighted by atomic mass is 19.1. The molecule has 5 nitrogen and oxygen atoms in total. The van der Waals surface area contributed by atoms with Crippen LogP contribution in [0.5, 0.6) is 0 Å². The average molecular weight is 381 g/mol. The zero-order valence-electron chi connectivity index (χ0n) is 16.5. The van der Waals surface area contributed by atoms with E-state index in [2.05, 4.69) is 4.98 Å². The summed E-state index contributed by atoms with van der Waals surface area (Å²) in [6.07, 6.45) is 0. The minimum Gasteiger partial charge on any atom is -0.328 e. The number of halogens is 1. The number of carbonyl (C=O) groups excluding carboxylic acids is 1. The molecule has 0 bridgehead atoms. The first-order chi connectivity index (χ1) is 13.3. The van der Waals surface area contributed by atoms with E-state index in [9.17, 15) is 14.0 Å². The summed E-state index contributed by atoms with van der Waals surface area (Å²) in [4.78, 5) is 32.2. The third-order valence-corrected chi connectivity index (χ3v) is 4.75. The predicted molar refractivity (Wildman–Crippen MR) is 108 cm³/mol. The van der Waals surface area contributed by atoms with Crippen molar-refractivity contribution in [1.29, 1.82) is 0 Å². The van der Waals surface area contributed by atoms with Gasteiger partial charge >= 0.3 is 0 Å². The minimum atomic E-state index is -0.459. The molecule has 6 heteroatoms. The van der Waals surface area contributed by atoms with Gasteiger partial charge in [0.1, 0.15) is 11.6 Å². The van der Waals surface area contributed by atoms with Gasteiger partial charge in [-0.25, -0.2) is 9.37 Å². The van der Waals surface area contributed by atoms with Gasteiger partial charge in [0.25, 0.3) is 11.5 Å². The van der Waals surface area contributed by atoms with Gasteiger partial charge in [-0.3, -0.25) is 14.2 Å². The fourth-order valence-corrected chi connectivity index (χ4v) is 3.35. The van der Waals surface area contributed by atoms with Crippen LogP contribution in [0.15, 0.2) is 53.3 Å². The Morgan fingerprint density at radius 2 is 1.86 bits per heavy atom. The van der Waals surface area contributed by atoms with Crippen molar-refractivity contribution in [3.05, 3.63) is 76.1 Å². The molecule has 0 radical (unpaired) electrons. The molecule has 0 N–H and O–H groups in total. The highest BCUT2D eigenvalue weighted by molar-refractivity contribution is 5.94. The number of fused-ring (bicyclic) bond motifs is 1. The van der Waals surface area contributed by atoms with Crippen LogP contribution in [0.25, 0.3) is 10.9 Å². The summed E-state index contributed by atoms with van der Waals surface area (Å²) in [6.45, 7) is 6.31. The molecule has 146 valence electrons. The fraction of sp³-hybridized carbons (Fsp3) is 0.318. The second-order valence-electron chi connectivity index (χ2n) is 7.39. The Kier molecular flexibility index (Phi) is 5.58. The van der Waals surface area contributed by atoms with Crippen molar-refractivity contribution in [1.82, 2.24) is 14.5 Å². The van der Waals surface area contributed by atoms with Crippen LogP contribution >= 0.6 is 0 Å². The first-order valence-corrected chi connectivity index (χ1v) is 9.31. The van der Waals surface area contributed by atoms with E-state index in [0.29, 0.717) is 23.3 Å². The van der Waals surface area contributed by atoms with Gasteiger partial charge in [0.05, 0.1) is 16.9 Å². The Labute approximate surface area is 163 Å². The molecular formula is C22H24FN3O2. The van der Waals surface area contributed by atoms with Gasteiger partial charge in [0.15, 0.2) is 0 Å². The average Bonchev–Trinajstić information content (AvgIpc) is 2.67. The van der Waals surface area contributed by atoms with E-state index in [1.165, 1.54) is 22.8 Å². The van der Waals surface area contributed by atoms with E-state index < -0.39 is 11.9 Å². The molecule has 2 aromatic carbocycles. The normalized spacial score (nSPS) is 12.4. The Balaban J connectivity index is 2.08. The number of hydrogen-bond donors (Lipinski definition) is 0. The van der Waals surface area contributed by atoms with Gasteiger partial charge in [0, 0.05) is 19.2 Å². The van der Waals surface area contributed by atoms with Crippen LogP contribution in [-0.2, 0) is 7.05 Å². The summed E-state index contributed by atoms with van der Waals surface area (Å²) >= 11 is 0. The van der Waals surface area contributed by atoms with Gasteiger partial charge in [-0.1, -0.05) is 32.0 Å². The molecule has 1 aromatic heterocycles. The first-order valence-electron chi connectivity index (χ1n) is 9.31. The van der Waals surface area contributed by atoms with Crippen LogP contribution < -0.4 is 5.56 Å². The number of carbonyl (C=O) groups is 1. The Morgan fingerprint density at radius 3 is 2.54 bits per heavy atom. The van der Waals surface area contributed by atoms with Crippen LogP contribution in [0.4, 0.5) is 4.39 Å². The lowest BCUT2D eigenvalue weighted by molar-refractivity contribution is 0.0653. The monoisotopic (exact) mass is 381 g/mol. The molecule has 1 unspecified atom stereocenters. The molecule has 0 aliphatic carbocycles. The maximum absolute atomic E-state index is 13.6. The van der Waals surface area contributed by atoms with E-state index in [4.69, 9.17) is 0 Å². The van der Waals surface area contributed by atoms with E-state index in [1.54, 1.807) is 36.2 Å². The van der Waals surface area contributed by atoms with Crippen molar-refractivity contribution in [3.63, 3.8) is 0 Å². The predicted octanol–water partition coefficient (Wildman–Crippen LogP) is 3.93. The van der Waals surface area contributed by atoms with Crippen molar-refractivity contribution in [2.45, 2.75) is 26.8 Å². The Hall–Kier alpha value is -3.02. The molecule has 0 saturated carbocycles. The standard InChI is InChI=1S/C22H24FN3O2/c1-14(2)13-26(21(27)16-8-7-9-17(23)12-16)15(3)20-24-19-11-6-5-10-18(19)22(28)25(20)4/h5-12,14-15H,13H2,1-4H3. The van der Waals surface area contributed by atoms with E-state index in [1.807, 2.05) is 26.8 Å². The zero-order chi connectivity index (χ0) is 20.4. The van der Waals surface area contributed by atoms with Gasteiger partial charge in [-0.15, -0.1) is 0 Å². The molecular weight excluding hydrogens is 357 g/mol. The molecule has 1 heterocycles. The topological polar surface area (TPSA) is 55.2 Å². The quantitative estimate of drug-likeness (QED) is 0.673. The molecule has 28 heavy (non-hydrogen) atoms. The number of aromatic nitrogens is 2. The minimum absolute atomic E-state index is 0.157. The lowest BCUT2D eigenvalue weighted by Crippen LogP contribution is -2.39. The summed E-state index contributed by atoms with van der Waals surface area (Å²) in [7, 11) is 1.66. The van der Waals surface area contributed by atoms with Crippen molar-refractivity contribution >= 4 is 16.8 Å². The molecule has 0 saturated heterocycles. The number of amides is 1. The van der Waals surface area contributed by atoms with Gasteiger partial charge < -0.3 is 4.90 Å². The summed E-state index contributed by atoms with van der Waals surface area (Å²) in [5.41, 5.74) is 0.712. The van der Waals surface area contributed by atoms with Crippen molar-refractivity contribution in [2.75, 3.05) is 6.54 Å². The molecule has 3 aromatic rings. The Bertz CT molecular complexity index is 1070. The van der Waals surface area contributed by atoms with E-state index >= 15 is 0 Å². The lowest BCUT2D eigenvalue weighted by atomic mass is 10.1. The maximum atomic E-state index is 13.6. The van der Waals surface area contributed by atoms with Crippen molar-refractivity contribution in [2.24, 2.45) is 13.0 Å². The smallest absolute Gasteiger partial charge is 0.261 e. The third-order valence-electron chi connectivity index (χ3n) is 4.75. The largest absolute Gasteiger partial charge is 0.328 e. The van der Waals surface area contributed by atoms with Crippen LogP contribution in [0.3, 0.4) is 0 Å². The number of para-hydroxylation sites is 1. The van der Waals surface area contributed by atoms with Crippen LogP contribution in [0, 0.1) is 11.7 Å². The first kappa shape index (κ1) is 19.7. The summed E-state index contributed by atoms with van der Waals surface area (Å²) < 4.78 is 15.1. The number of nitrogens with zero attached hydrogens (tertiary/aromatic N) is 3. The zero-order valence-corrected chi connectivity index (χ0v) is 16.5. The highest BCUT2D eigenvalue weighted by Crippen LogP contribution is 2.23. The van der Waals surface area contributed by atoms with Crippen LogP contribution in [0.1, 0.15) is 43.0 Å². The molecule has 0 aliphatic heterocycles. The number of benzene rings is 2. The molecule has 0 fully saturated rings.